The van der Waals surface area contributed by atoms with Gasteiger partial charge in [-0.25, -0.2) is 19.2 Å². The van der Waals surface area contributed by atoms with Gasteiger partial charge >= 0.3 is 30.0 Å². The number of hydrogen-bond acceptors (Lipinski definition) is 17. The molecule has 4 aliphatic rings. The fraction of sp³-hybridized carbons (Fsp3) is 0.600. The summed E-state index contributed by atoms with van der Waals surface area (Å²) in [5.41, 5.74) is -8.92. The molecule has 2 heterocycles. The first kappa shape index (κ1) is 47.3. The minimum absolute atomic E-state index is 0.0337. The summed E-state index contributed by atoms with van der Waals surface area (Å²) in [5, 5.41) is 40.1. The normalized spacial score (nSPS) is 31.9. The average molecular weight is 884 g/mol. The molecule has 2 bridgehead atoms. The molecule has 18 nitrogen and oxygen atoms in total. The van der Waals surface area contributed by atoms with Gasteiger partial charge < -0.3 is 58.2 Å². The maximum atomic E-state index is 15.4. The van der Waals surface area contributed by atoms with Crippen LogP contribution in [0.3, 0.4) is 0 Å². The van der Waals surface area contributed by atoms with Crippen molar-refractivity contribution >= 4 is 35.8 Å². The molecule has 1 aromatic heterocycles. The molecule has 1 amide bonds. The van der Waals surface area contributed by atoms with Gasteiger partial charge in [0.15, 0.2) is 17.5 Å². The minimum Gasteiger partial charge on any atom is -0.467 e. The number of hydrogen-bond donors (Lipinski definition) is 4. The zero-order valence-corrected chi connectivity index (χ0v) is 36.8. The number of nitrogens with one attached hydrogen (secondary N) is 1. The fourth-order valence-electron chi connectivity index (χ4n) is 9.83. The summed E-state index contributed by atoms with van der Waals surface area (Å²) in [4.78, 5) is 83.1. The van der Waals surface area contributed by atoms with Gasteiger partial charge in [0.1, 0.15) is 60.1 Å². The lowest BCUT2D eigenvalue weighted by atomic mass is 9.44. The van der Waals surface area contributed by atoms with Gasteiger partial charge in [-0.1, -0.05) is 39.0 Å². The van der Waals surface area contributed by atoms with Crippen molar-refractivity contribution in [3.05, 3.63) is 71.2 Å². The summed E-state index contributed by atoms with van der Waals surface area (Å²) < 4.78 is 46.3. The van der Waals surface area contributed by atoms with Gasteiger partial charge in [-0.2, -0.15) is 0 Å². The van der Waals surface area contributed by atoms with Crippen LogP contribution in [-0.2, 0) is 52.3 Å². The third-order valence-corrected chi connectivity index (χ3v) is 13.6. The van der Waals surface area contributed by atoms with Crippen molar-refractivity contribution in [2.75, 3.05) is 20.3 Å². The largest absolute Gasteiger partial charge is 0.467 e. The van der Waals surface area contributed by atoms with E-state index in [9.17, 15) is 39.3 Å². The maximum Gasteiger partial charge on any atom is 0.408 e. The van der Waals surface area contributed by atoms with Crippen molar-refractivity contribution in [2.24, 2.45) is 16.7 Å². The number of ether oxygens (including phenoxy) is 7. The highest BCUT2D eigenvalue weighted by molar-refractivity contribution is 5.94. The summed E-state index contributed by atoms with van der Waals surface area (Å²) in [6.45, 7) is 11.3. The molecule has 0 radical (unpaired) electrons. The Bertz CT molecular complexity index is 2110. The number of furan rings is 1. The van der Waals surface area contributed by atoms with Crippen LogP contribution in [-0.4, -0.2) is 125 Å². The molecule has 344 valence electrons. The summed E-state index contributed by atoms with van der Waals surface area (Å²) in [5.74, 6) is -6.55. The lowest BCUT2D eigenvalue weighted by Crippen LogP contribution is -2.82. The zero-order valence-electron chi connectivity index (χ0n) is 36.8. The molecule has 3 aliphatic carbocycles. The fourth-order valence-corrected chi connectivity index (χ4v) is 9.83. The summed E-state index contributed by atoms with van der Waals surface area (Å²) in [7, 11) is 1.27. The lowest BCUT2D eigenvalue weighted by molar-refractivity contribution is -0.346. The third-order valence-electron chi connectivity index (χ3n) is 13.6. The highest BCUT2D eigenvalue weighted by Crippen LogP contribution is 2.64. The molecule has 2 aromatic rings. The summed E-state index contributed by atoms with van der Waals surface area (Å²) in [6.07, 6.45) is -10.2. The van der Waals surface area contributed by atoms with E-state index in [1.165, 1.54) is 65.3 Å². The first-order valence-electron chi connectivity index (χ1n) is 20.8. The number of carbonyl (C=O) groups is 6. The van der Waals surface area contributed by atoms with Crippen molar-refractivity contribution in [3.63, 3.8) is 0 Å². The van der Waals surface area contributed by atoms with Crippen LogP contribution in [0, 0.1) is 16.7 Å². The highest BCUT2D eigenvalue weighted by atomic mass is 16.6. The van der Waals surface area contributed by atoms with Gasteiger partial charge in [0.05, 0.1) is 29.8 Å². The second-order valence-corrected chi connectivity index (χ2v) is 18.1. The first-order chi connectivity index (χ1) is 29.5. The number of rotatable bonds is 13. The standard InChI is InChI=1S/C45H57NO17/c1-10-41(4,5)63-40(54)46-32(26-17-14-18-57-26)34(50)39(53)59-27-20-45(55)37(61-38(52)25-15-12-11-13-16-25)35-43(8,36(51)33(49)31(23(27)2)42(45,6)7)28(60-30(48)21-56-9)19-29-44(35,22-58-29)62-24(3)47/h11-18,27-29,32-35,37,49-50,55H,10,19-22H2,1-9H3,(H,46,54)/t27-,28-,29+,32-,33+,34+,35-,37-,43+,44-,45+/m0/s1. The third kappa shape index (κ3) is 8.27. The van der Waals surface area contributed by atoms with Gasteiger partial charge in [-0.15, -0.1) is 0 Å². The number of carbonyl (C=O) groups excluding carboxylic acids is 6. The second kappa shape index (κ2) is 17.4. The van der Waals surface area contributed by atoms with Crippen molar-refractivity contribution in [1.29, 1.82) is 0 Å². The van der Waals surface area contributed by atoms with E-state index < -0.39 is 125 Å². The van der Waals surface area contributed by atoms with E-state index >= 15 is 4.79 Å². The van der Waals surface area contributed by atoms with Gasteiger partial charge in [0.2, 0.25) is 0 Å². The molecule has 11 atom stereocenters. The van der Waals surface area contributed by atoms with Gasteiger partial charge in [-0.3, -0.25) is 9.59 Å². The quantitative estimate of drug-likeness (QED) is 0.128. The Morgan fingerprint density at radius 1 is 1.02 bits per heavy atom. The zero-order chi connectivity index (χ0) is 46.4. The molecule has 6 rings (SSSR count). The summed E-state index contributed by atoms with van der Waals surface area (Å²) in [6, 6.07) is 9.11. The van der Waals surface area contributed by atoms with Gasteiger partial charge in [-0.05, 0) is 69.5 Å². The number of benzene rings is 1. The molecule has 0 spiro atoms. The number of aliphatic hydroxyl groups is 3. The molecule has 3 fully saturated rings. The van der Waals surface area contributed by atoms with Crippen molar-refractivity contribution < 1.29 is 81.7 Å². The predicted octanol–water partition coefficient (Wildman–Crippen LogP) is 3.44. The molecule has 4 N–H and O–H groups in total. The molecule has 1 saturated heterocycles. The van der Waals surface area contributed by atoms with Crippen molar-refractivity contribution in [3.8, 4) is 0 Å². The molecular formula is C45H57NO17. The van der Waals surface area contributed by atoms with E-state index in [2.05, 4.69) is 5.32 Å². The second-order valence-electron chi connectivity index (χ2n) is 18.1. The average Bonchev–Trinajstić information content (AvgIpc) is 3.76. The van der Waals surface area contributed by atoms with Crippen LogP contribution < -0.4 is 5.32 Å². The number of fused-ring (bicyclic) bond motifs is 5. The maximum absolute atomic E-state index is 15.4. The molecule has 2 saturated carbocycles. The number of esters is 4. The Hall–Kier alpha value is -5.14. The van der Waals surface area contributed by atoms with Crippen LogP contribution in [0.15, 0.2) is 64.3 Å². The number of alkyl carbamates (subject to hydrolysis) is 1. The van der Waals surface area contributed by atoms with Crippen molar-refractivity contribution in [1.82, 2.24) is 5.32 Å². The monoisotopic (exact) mass is 883 g/mol. The Kier molecular flexibility index (Phi) is 13.1. The van der Waals surface area contributed by atoms with E-state index in [1.807, 2.05) is 0 Å². The molecule has 18 heteroatoms. The van der Waals surface area contributed by atoms with Crippen LogP contribution in [0.4, 0.5) is 4.79 Å². The Morgan fingerprint density at radius 2 is 1.70 bits per heavy atom. The Balaban J connectivity index is 1.51. The van der Waals surface area contributed by atoms with Crippen LogP contribution in [0.5, 0.6) is 0 Å². The molecule has 0 unspecified atom stereocenters. The topological polar surface area (TPSA) is 253 Å². The van der Waals surface area contributed by atoms with E-state index in [0.29, 0.717) is 6.42 Å². The Morgan fingerprint density at radius 3 is 2.27 bits per heavy atom. The SMILES string of the molecule is CCC(C)(C)OC(=O)N[C@@H](c1ccco1)[C@@H](O)C(=O)O[C@H]1C[C@@]2(O)[C@@H](OC(=O)c3ccccc3)[C@@H]3[C@]4(OC(C)=O)CO[C@@H]4C[C@H](OC(=O)COC)[C@@]3(C)C(=O)[C@H](O)C(=C1C)C2(C)C. The number of methoxy groups -OCH3 is 1. The molecule has 1 aliphatic heterocycles. The van der Waals surface area contributed by atoms with E-state index in [4.69, 9.17) is 37.6 Å². The van der Waals surface area contributed by atoms with Crippen LogP contribution >= 0.6 is 0 Å². The number of aliphatic hydroxyl groups excluding tert-OH is 2. The molecular weight excluding hydrogens is 826 g/mol. The number of Topliss-reactive ketones (excluding diaryl/α,β-unsaturated/α-hetero) is 1. The first-order valence-corrected chi connectivity index (χ1v) is 20.8. The minimum atomic E-state index is -2.43. The van der Waals surface area contributed by atoms with Gasteiger partial charge in [0, 0.05) is 32.3 Å². The molecule has 63 heavy (non-hydrogen) atoms. The molecule has 1 aromatic carbocycles. The lowest BCUT2D eigenvalue weighted by Gasteiger charge is -2.67. The van der Waals surface area contributed by atoms with E-state index in [0.717, 1.165) is 6.92 Å². The van der Waals surface area contributed by atoms with Gasteiger partial charge in [0.25, 0.3) is 0 Å². The predicted molar refractivity (Wildman–Crippen MR) is 216 cm³/mol. The summed E-state index contributed by atoms with van der Waals surface area (Å²) >= 11 is 0. The highest BCUT2D eigenvalue weighted by Gasteiger charge is 2.78. The number of ketones is 1. The number of amides is 1. The van der Waals surface area contributed by atoms with E-state index in [1.54, 1.807) is 39.0 Å². The van der Waals surface area contributed by atoms with Crippen LogP contribution in [0.1, 0.15) is 96.8 Å². The van der Waals surface area contributed by atoms with Crippen LogP contribution in [0.2, 0.25) is 0 Å². The Labute approximate surface area is 364 Å². The smallest absolute Gasteiger partial charge is 0.408 e. The van der Waals surface area contributed by atoms with E-state index in [-0.39, 0.29) is 35.5 Å². The van der Waals surface area contributed by atoms with Crippen molar-refractivity contribution in [2.45, 2.75) is 134 Å². The van der Waals surface area contributed by atoms with Crippen LogP contribution in [0.25, 0.3) is 0 Å².